The van der Waals surface area contributed by atoms with Gasteiger partial charge in [0.05, 0.1) is 11.4 Å². The molecule has 3 aromatic carbocycles. The molecule has 0 radical (unpaired) electrons. The van der Waals surface area contributed by atoms with Crippen molar-refractivity contribution in [2.75, 3.05) is 9.80 Å². The molecule has 0 N–H and O–H groups in total. The molecule has 5 rings (SSSR count). The summed E-state index contributed by atoms with van der Waals surface area (Å²) in [6.45, 7) is 3.21. The second kappa shape index (κ2) is 8.99. The van der Waals surface area contributed by atoms with Gasteiger partial charge in [-0.2, -0.15) is 0 Å². The molecule has 0 unspecified atom stereocenters. The molecule has 2 aliphatic rings. The van der Waals surface area contributed by atoms with Crippen LogP contribution < -0.4 is 19.3 Å². The number of hydrogen-bond donors (Lipinski definition) is 0. The van der Waals surface area contributed by atoms with Crippen LogP contribution in [0.5, 0.6) is 23.0 Å². The number of carbonyl (C=O) groups excluding carboxylic acids is 4. The van der Waals surface area contributed by atoms with E-state index in [2.05, 4.69) is 0 Å². The molecule has 4 amide bonds. The quantitative estimate of drug-likeness (QED) is 0.466. The first-order valence-electron chi connectivity index (χ1n) is 11.1. The summed E-state index contributed by atoms with van der Waals surface area (Å²) in [5, 5.41) is 0. The third-order valence-corrected chi connectivity index (χ3v) is 5.67. The summed E-state index contributed by atoms with van der Waals surface area (Å²) in [6.07, 6.45) is 2.63. The van der Waals surface area contributed by atoms with E-state index in [1.807, 2.05) is 0 Å². The Morgan fingerprint density at radius 1 is 0.528 bits per heavy atom. The van der Waals surface area contributed by atoms with E-state index in [-0.39, 0.29) is 23.6 Å². The van der Waals surface area contributed by atoms with Gasteiger partial charge in [0.25, 0.3) is 23.6 Å². The largest absolute Gasteiger partial charge is 0.457 e. The number of hydrogen-bond acceptors (Lipinski definition) is 6. The predicted molar refractivity (Wildman–Crippen MR) is 132 cm³/mol. The smallest absolute Gasteiger partial charge is 0.261 e. The Morgan fingerprint density at radius 2 is 0.917 bits per heavy atom. The molecule has 0 saturated carbocycles. The number of nitrogens with zero attached hydrogens (tertiary/aromatic N) is 2. The van der Waals surface area contributed by atoms with Crippen molar-refractivity contribution in [1.29, 1.82) is 0 Å². The van der Waals surface area contributed by atoms with Crippen LogP contribution in [0.1, 0.15) is 13.8 Å². The number of rotatable bonds is 6. The van der Waals surface area contributed by atoms with Crippen molar-refractivity contribution >= 4 is 35.0 Å². The van der Waals surface area contributed by atoms with Crippen molar-refractivity contribution < 1.29 is 28.7 Å². The van der Waals surface area contributed by atoms with Gasteiger partial charge in [0.15, 0.2) is 0 Å². The Labute approximate surface area is 206 Å². The Kier molecular flexibility index (Phi) is 5.69. The van der Waals surface area contributed by atoms with Gasteiger partial charge in [0, 0.05) is 29.4 Å². The Balaban J connectivity index is 1.25. The van der Waals surface area contributed by atoms with E-state index >= 15 is 0 Å². The first-order valence-corrected chi connectivity index (χ1v) is 11.1. The van der Waals surface area contributed by atoms with Crippen molar-refractivity contribution in [3.63, 3.8) is 0 Å². The molecule has 0 aliphatic carbocycles. The van der Waals surface area contributed by atoms with E-state index in [4.69, 9.17) is 9.47 Å². The third-order valence-electron chi connectivity index (χ3n) is 5.67. The maximum atomic E-state index is 12.2. The molecular weight excluding hydrogens is 460 g/mol. The second-order valence-corrected chi connectivity index (χ2v) is 8.28. The van der Waals surface area contributed by atoms with Crippen molar-refractivity contribution in [3.8, 4) is 23.0 Å². The number of anilines is 2. The van der Waals surface area contributed by atoms with Crippen LogP contribution in [-0.4, -0.2) is 23.6 Å². The van der Waals surface area contributed by atoms with Crippen LogP contribution in [0.25, 0.3) is 0 Å². The molecule has 8 nitrogen and oxygen atoms in total. The third kappa shape index (κ3) is 4.27. The summed E-state index contributed by atoms with van der Waals surface area (Å²) in [5.74, 6) is 0.689. The molecule has 36 heavy (non-hydrogen) atoms. The molecule has 3 aromatic rings. The summed E-state index contributed by atoms with van der Waals surface area (Å²) in [5.41, 5.74) is 1.73. The normalized spacial score (nSPS) is 15.4. The molecule has 0 atom stereocenters. The van der Waals surface area contributed by atoms with Crippen LogP contribution in [-0.2, 0) is 19.2 Å². The predicted octanol–water partition coefficient (Wildman–Crippen LogP) is 4.91. The zero-order valence-electron chi connectivity index (χ0n) is 19.4. The monoisotopic (exact) mass is 480 g/mol. The van der Waals surface area contributed by atoms with Gasteiger partial charge in [-0.05, 0) is 74.5 Å². The highest BCUT2D eigenvalue weighted by Crippen LogP contribution is 2.31. The van der Waals surface area contributed by atoms with Crippen LogP contribution in [0, 0.1) is 0 Å². The van der Waals surface area contributed by atoms with Crippen LogP contribution in [0.4, 0.5) is 11.4 Å². The van der Waals surface area contributed by atoms with Gasteiger partial charge < -0.3 is 9.47 Å². The molecule has 0 bridgehead atoms. The Morgan fingerprint density at radius 3 is 1.25 bits per heavy atom. The van der Waals surface area contributed by atoms with Crippen molar-refractivity contribution in [2.24, 2.45) is 0 Å². The average molecular weight is 480 g/mol. The second-order valence-electron chi connectivity index (χ2n) is 8.28. The average Bonchev–Trinajstić information content (AvgIpc) is 3.27. The minimum Gasteiger partial charge on any atom is -0.457 e. The van der Waals surface area contributed by atoms with Gasteiger partial charge >= 0.3 is 0 Å². The number of carbonyl (C=O) groups is 4. The zero-order valence-corrected chi connectivity index (χ0v) is 19.4. The fraction of sp³-hybridized carbons (Fsp3) is 0.0714. The van der Waals surface area contributed by atoms with E-state index in [0.29, 0.717) is 45.5 Å². The Hall–Kier alpha value is -4.98. The molecular formula is C28H20N2O6. The van der Waals surface area contributed by atoms with Crippen LogP contribution >= 0.6 is 0 Å². The van der Waals surface area contributed by atoms with E-state index in [9.17, 15) is 19.2 Å². The van der Waals surface area contributed by atoms with Gasteiger partial charge in [-0.1, -0.05) is 6.07 Å². The summed E-state index contributed by atoms with van der Waals surface area (Å²) in [4.78, 5) is 50.6. The topological polar surface area (TPSA) is 93.2 Å². The summed E-state index contributed by atoms with van der Waals surface area (Å²) >= 11 is 0. The summed E-state index contributed by atoms with van der Waals surface area (Å²) in [6, 6.07) is 20.3. The molecule has 0 saturated heterocycles. The van der Waals surface area contributed by atoms with Crippen molar-refractivity contribution in [2.45, 2.75) is 13.8 Å². The van der Waals surface area contributed by atoms with Gasteiger partial charge in [-0.3, -0.25) is 19.2 Å². The maximum Gasteiger partial charge on any atom is 0.261 e. The van der Waals surface area contributed by atoms with Crippen molar-refractivity contribution in [1.82, 2.24) is 0 Å². The maximum absolute atomic E-state index is 12.2. The van der Waals surface area contributed by atoms with E-state index in [1.54, 1.807) is 86.6 Å². The Bertz CT molecular complexity index is 1360. The summed E-state index contributed by atoms with van der Waals surface area (Å²) < 4.78 is 11.8. The number of amides is 4. The van der Waals surface area contributed by atoms with Crippen LogP contribution in [0.15, 0.2) is 96.1 Å². The number of benzene rings is 3. The fourth-order valence-corrected chi connectivity index (χ4v) is 3.86. The molecule has 8 heteroatoms. The first kappa shape index (κ1) is 22.8. The molecule has 2 heterocycles. The lowest BCUT2D eigenvalue weighted by Gasteiger charge is -2.15. The first-order chi connectivity index (χ1) is 17.3. The number of imide groups is 2. The van der Waals surface area contributed by atoms with Crippen LogP contribution in [0.3, 0.4) is 0 Å². The van der Waals surface area contributed by atoms with Gasteiger partial charge in [0.2, 0.25) is 0 Å². The lowest BCUT2D eigenvalue weighted by atomic mass is 10.2. The van der Waals surface area contributed by atoms with Crippen LogP contribution in [0.2, 0.25) is 0 Å². The van der Waals surface area contributed by atoms with Gasteiger partial charge in [-0.15, -0.1) is 0 Å². The minimum atomic E-state index is -0.366. The van der Waals surface area contributed by atoms with E-state index < -0.39 is 0 Å². The van der Waals surface area contributed by atoms with Crippen molar-refractivity contribution in [3.05, 3.63) is 96.1 Å². The highest BCUT2D eigenvalue weighted by molar-refractivity contribution is 6.31. The molecule has 0 spiro atoms. The molecule has 2 aliphatic heterocycles. The van der Waals surface area contributed by atoms with Gasteiger partial charge in [-0.25, -0.2) is 9.80 Å². The van der Waals surface area contributed by atoms with E-state index in [1.165, 1.54) is 12.2 Å². The SMILES string of the molecule is CC1=CC(=O)N(c2ccc(Oc3cccc(Oc4ccc(N5C(=O)C=C(C)C5=O)cc4)c3)cc2)C1=O. The molecule has 0 aromatic heterocycles. The molecule has 178 valence electrons. The summed E-state index contributed by atoms with van der Waals surface area (Å²) in [7, 11) is 0. The van der Waals surface area contributed by atoms with Gasteiger partial charge in [0.1, 0.15) is 23.0 Å². The lowest BCUT2D eigenvalue weighted by Crippen LogP contribution is -2.30. The zero-order chi connectivity index (χ0) is 25.4. The number of ether oxygens (including phenoxy) is 2. The lowest BCUT2D eigenvalue weighted by molar-refractivity contribution is -0.121. The highest BCUT2D eigenvalue weighted by atomic mass is 16.5. The highest BCUT2D eigenvalue weighted by Gasteiger charge is 2.30. The standard InChI is InChI=1S/C28H20N2O6/c1-17-14-25(31)29(27(17)33)19-6-10-21(11-7-19)35-23-4-3-5-24(16-23)36-22-12-8-20(9-13-22)30-26(32)15-18(2)28(30)34/h3-16H,1-2H3. The molecule has 0 fully saturated rings. The fourth-order valence-electron chi connectivity index (χ4n) is 3.86. The minimum absolute atomic E-state index is 0.336. The van der Waals surface area contributed by atoms with E-state index in [0.717, 1.165) is 9.80 Å².